The molecule has 2 aromatic rings. The maximum atomic E-state index is 14.0. The van der Waals surface area contributed by atoms with E-state index in [2.05, 4.69) is 31.6 Å². The summed E-state index contributed by atoms with van der Waals surface area (Å²) in [4.78, 5) is 4.84. The Bertz CT molecular complexity index is 753. The second kappa shape index (κ2) is 8.48. The van der Waals surface area contributed by atoms with Crippen molar-refractivity contribution in [1.29, 1.82) is 0 Å². The highest BCUT2D eigenvalue weighted by Gasteiger charge is 2.27. The monoisotopic (exact) mass is 371 g/mol. The summed E-state index contributed by atoms with van der Waals surface area (Å²) >= 11 is 0. The number of aromatic nitrogens is 3. The summed E-state index contributed by atoms with van der Waals surface area (Å²) in [6, 6.07) is 7.10. The normalized spacial score (nSPS) is 22.2. The highest BCUT2D eigenvalue weighted by Crippen LogP contribution is 2.27. The predicted molar refractivity (Wildman–Crippen MR) is 104 cm³/mol. The number of likely N-dealkylation sites (tertiary alicyclic amines) is 2. The van der Waals surface area contributed by atoms with Gasteiger partial charge in [0.25, 0.3) is 0 Å². The molecule has 0 aliphatic carbocycles. The quantitative estimate of drug-likeness (QED) is 0.808. The molecule has 27 heavy (non-hydrogen) atoms. The lowest BCUT2D eigenvalue weighted by Crippen LogP contribution is -2.35. The van der Waals surface area contributed by atoms with E-state index in [0.717, 1.165) is 49.7 Å². The maximum absolute atomic E-state index is 14.0. The topological polar surface area (TPSA) is 37.2 Å². The first-order valence-corrected chi connectivity index (χ1v) is 10.3. The van der Waals surface area contributed by atoms with Gasteiger partial charge < -0.3 is 4.57 Å². The van der Waals surface area contributed by atoms with Gasteiger partial charge in [-0.1, -0.05) is 24.6 Å². The molecule has 146 valence electrons. The van der Waals surface area contributed by atoms with Gasteiger partial charge in [-0.2, -0.15) is 0 Å². The van der Waals surface area contributed by atoms with Gasteiger partial charge >= 0.3 is 0 Å². The first kappa shape index (κ1) is 18.6. The molecule has 5 nitrogen and oxygen atoms in total. The molecule has 0 amide bonds. The van der Waals surface area contributed by atoms with Crippen molar-refractivity contribution < 1.29 is 4.39 Å². The Kier molecular flexibility index (Phi) is 5.83. The van der Waals surface area contributed by atoms with Crippen LogP contribution in [0, 0.1) is 5.82 Å². The molecule has 0 radical (unpaired) electrons. The van der Waals surface area contributed by atoms with Crippen LogP contribution in [0.5, 0.6) is 0 Å². The average Bonchev–Trinajstić information content (AvgIpc) is 3.05. The maximum Gasteiger partial charge on any atom is 0.146 e. The third-order valence-corrected chi connectivity index (χ3v) is 6.03. The van der Waals surface area contributed by atoms with Gasteiger partial charge in [-0.25, -0.2) is 4.39 Å². The van der Waals surface area contributed by atoms with Crippen molar-refractivity contribution in [2.75, 3.05) is 26.2 Å². The molecule has 6 heteroatoms. The fourth-order valence-electron chi connectivity index (χ4n) is 4.46. The molecule has 2 aliphatic heterocycles. The molecule has 1 aromatic heterocycles. The zero-order valence-corrected chi connectivity index (χ0v) is 16.3. The summed E-state index contributed by atoms with van der Waals surface area (Å²) in [5.41, 5.74) is 0.780. The van der Waals surface area contributed by atoms with Crippen LogP contribution in [0.1, 0.15) is 55.2 Å². The highest BCUT2D eigenvalue weighted by molar-refractivity contribution is 5.17. The molecule has 2 aliphatic rings. The Morgan fingerprint density at radius 3 is 2.56 bits per heavy atom. The lowest BCUT2D eigenvalue weighted by atomic mass is 9.96. The SMILES string of the molecule is Cn1c(CN2CCCCC2)nnc1C1CCCN(Cc2ccccc2F)C1. The van der Waals surface area contributed by atoms with Crippen molar-refractivity contribution >= 4 is 0 Å². The Morgan fingerprint density at radius 1 is 0.963 bits per heavy atom. The number of rotatable bonds is 5. The Balaban J connectivity index is 1.41. The zero-order valence-electron chi connectivity index (χ0n) is 16.3. The van der Waals surface area contributed by atoms with E-state index in [1.165, 1.54) is 32.4 Å². The molecule has 1 atom stereocenters. The largest absolute Gasteiger partial charge is 0.317 e. The van der Waals surface area contributed by atoms with E-state index in [9.17, 15) is 4.39 Å². The zero-order chi connectivity index (χ0) is 18.6. The number of hydrogen-bond donors (Lipinski definition) is 0. The van der Waals surface area contributed by atoms with Gasteiger partial charge in [-0.15, -0.1) is 10.2 Å². The molecule has 4 rings (SSSR count). The van der Waals surface area contributed by atoms with Gasteiger partial charge in [0.2, 0.25) is 0 Å². The van der Waals surface area contributed by atoms with E-state index in [4.69, 9.17) is 0 Å². The van der Waals surface area contributed by atoms with Gasteiger partial charge in [-0.05, 0) is 51.4 Å². The first-order chi connectivity index (χ1) is 13.2. The third kappa shape index (κ3) is 4.38. The predicted octanol–water partition coefficient (Wildman–Crippen LogP) is 3.32. The van der Waals surface area contributed by atoms with Crippen LogP contribution in [0.25, 0.3) is 0 Å². The minimum Gasteiger partial charge on any atom is -0.317 e. The summed E-state index contributed by atoms with van der Waals surface area (Å²) in [5.74, 6) is 2.42. The standard InChI is InChI=1S/C21H30FN5/c1-25-20(16-26-11-5-2-6-12-26)23-24-21(25)18-9-7-13-27(15-18)14-17-8-3-4-10-19(17)22/h3-4,8,10,18H,2,5-7,9,11-16H2,1H3. The lowest BCUT2D eigenvalue weighted by molar-refractivity contribution is 0.192. The van der Waals surface area contributed by atoms with Crippen LogP contribution in [0.3, 0.4) is 0 Å². The Labute approximate surface area is 161 Å². The fourth-order valence-corrected chi connectivity index (χ4v) is 4.46. The van der Waals surface area contributed by atoms with Crippen molar-refractivity contribution in [3.05, 3.63) is 47.3 Å². The van der Waals surface area contributed by atoms with Crippen molar-refractivity contribution in [3.63, 3.8) is 0 Å². The minimum absolute atomic E-state index is 0.109. The molecule has 3 heterocycles. The lowest BCUT2D eigenvalue weighted by Gasteiger charge is -2.32. The smallest absolute Gasteiger partial charge is 0.146 e. The van der Waals surface area contributed by atoms with Gasteiger partial charge in [0.05, 0.1) is 6.54 Å². The summed E-state index contributed by atoms with van der Waals surface area (Å²) in [6.45, 7) is 5.84. The highest BCUT2D eigenvalue weighted by atomic mass is 19.1. The fraction of sp³-hybridized carbons (Fsp3) is 0.619. The van der Waals surface area contributed by atoms with E-state index in [-0.39, 0.29) is 5.82 Å². The Morgan fingerprint density at radius 2 is 1.74 bits per heavy atom. The second-order valence-electron chi connectivity index (χ2n) is 8.04. The van der Waals surface area contributed by atoms with Gasteiger partial charge in [0.15, 0.2) is 0 Å². The van der Waals surface area contributed by atoms with Crippen LogP contribution in [-0.4, -0.2) is 50.7 Å². The number of piperidine rings is 2. The summed E-state index contributed by atoms with van der Waals surface area (Å²) in [5, 5.41) is 9.05. The molecule has 0 bridgehead atoms. The van der Waals surface area contributed by atoms with E-state index < -0.39 is 0 Å². The Hall–Kier alpha value is -1.79. The summed E-state index contributed by atoms with van der Waals surface area (Å²) < 4.78 is 16.2. The van der Waals surface area contributed by atoms with Crippen LogP contribution < -0.4 is 0 Å². The van der Waals surface area contributed by atoms with Crippen molar-refractivity contribution in [2.24, 2.45) is 7.05 Å². The molecule has 0 saturated carbocycles. The van der Waals surface area contributed by atoms with Gasteiger partial charge in [0, 0.05) is 31.6 Å². The second-order valence-corrected chi connectivity index (χ2v) is 8.04. The van der Waals surface area contributed by atoms with Gasteiger partial charge in [0.1, 0.15) is 17.5 Å². The number of halogens is 1. The van der Waals surface area contributed by atoms with E-state index in [1.54, 1.807) is 12.1 Å². The average molecular weight is 372 g/mol. The third-order valence-electron chi connectivity index (χ3n) is 6.03. The van der Waals surface area contributed by atoms with Crippen LogP contribution in [0.2, 0.25) is 0 Å². The number of benzene rings is 1. The molecule has 1 aromatic carbocycles. The summed E-state index contributed by atoms with van der Waals surface area (Å²) in [7, 11) is 2.10. The van der Waals surface area contributed by atoms with E-state index in [1.807, 2.05) is 12.1 Å². The molecule has 2 fully saturated rings. The molecule has 0 spiro atoms. The number of hydrogen-bond acceptors (Lipinski definition) is 4. The van der Waals surface area contributed by atoms with Crippen LogP contribution in [0.4, 0.5) is 4.39 Å². The van der Waals surface area contributed by atoms with Crippen molar-refractivity contribution in [2.45, 2.75) is 51.1 Å². The molecule has 1 unspecified atom stereocenters. The molecule has 2 saturated heterocycles. The minimum atomic E-state index is -0.109. The van der Waals surface area contributed by atoms with Gasteiger partial charge in [-0.3, -0.25) is 9.80 Å². The van der Waals surface area contributed by atoms with Crippen LogP contribution in [-0.2, 0) is 20.1 Å². The number of nitrogens with zero attached hydrogens (tertiary/aromatic N) is 5. The van der Waals surface area contributed by atoms with E-state index >= 15 is 0 Å². The molecular formula is C21H30FN5. The summed E-state index contributed by atoms with van der Waals surface area (Å²) in [6.07, 6.45) is 6.17. The molecular weight excluding hydrogens is 341 g/mol. The first-order valence-electron chi connectivity index (χ1n) is 10.3. The van der Waals surface area contributed by atoms with Crippen LogP contribution >= 0.6 is 0 Å². The molecule has 0 N–H and O–H groups in total. The van der Waals surface area contributed by atoms with Crippen molar-refractivity contribution in [3.8, 4) is 0 Å². The van der Waals surface area contributed by atoms with E-state index in [0.29, 0.717) is 12.5 Å². The van der Waals surface area contributed by atoms with Crippen LogP contribution in [0.15, 0.2) is 24.3 Å². The van der Waals surface area contributed by atoms with Crippen molar-refractivity contribution in [1.82, 2.24) is 24.6 Å².